The third kappa shape index (κ3) is 3.07. The van der Waals surface area contributed by atoms with Gasteiger partial charge in [0, 0.05) is 12.7 Å². The maximum absolute atomic E-state index is 10.9. The van der Waals surface area contributed by atoms with Crippen LogP contribution < -0.4 is 9.47 Å². The minimum Gasteiger partial charge on any atom is -0.493 e. The molecule has 0 saturated carbocycles. The number of rotatable bonds is 6. The number of aliphatic hydroxyl groups is 1. The van der Waals surface area contributed by atoms with Crippen LogP contribution >= 0.6 is 0 Å². The number of hydrogen-bond acceptors (Lipinski definition) is 5. The van der Waals surface area contributed by atoms with Crippen LogP contribution in [0.25, 0.3) is 0 Å². The molecule has 6 heteroatoms. The number of hydrogen-bond donors (Lipinski definition) is 1. The summed E-state index contributed by atoms with van der Waals surface area (Å²) in [6, 6.07) is 3.12. The molecule has 1 aromatic carbocycles. The van der Waals surface area contributed by atoms with E-state index in [1.54, 1.807) is 6.07 Å². The Kier molecular flexibility index (Phi) is 4.71. The topological polar surface area (TPSA) is 81.8 Å². The predicted octanol–water partition coefficient (Wildman–Crippen LogP) is 1.54. The van der Waals surface area contributed by atoms with Crippen molar-refractivity contribution in [3.8, 4) is 11.5 Å². The van der Waals surface area contributed by atoms with E-state index in [-0.39, 0.29) is 18.0 Å². The van der Waals surface area contributed by atoms with E-state index in [9.17, 15) is 10.1 Å². The van der Waals surface area contributed by atoms with Gasteiger partial charge in [-0.15, -0.1) is 0 Å². The lowest BCUT2D eigenvalue weighted by atomic mass is 10.1. The van der Waals surface area contributed by atoms with Gasteiger partial charge < -0.3 is 14.6 Å². The second kappa shape index (κ2) is 6.05. The quantitative estimate of drug-likeness (QED) is 0.603. The first kappa shape index (κ1) is 13.2. The van der Waals surface area contributed by atoms with Crippen molar-refractivity contribution in [2.45, 2.75) is 12.8 Å². The third-order valence-electron chi connectivity index (χ3n) is 2.34. The molecule has 0 saturated heterocycles. The highest BCUT2D eigenvalue weighted by Gasteiger charge is 2.21. The summed E-state index contributed by atoms with van der Waals surface area (Å²) in [7, 11) is 2.79. The molecule has 0 unspecified atom stereocenters. The summed E-state index contributed by atoms with van der Waals surface area (Å²) in [6.07, 6.45) is 1.10. The summed E-state index contributed by atoms with van der Waals surface area (Å²) < 4.78 is 10.0. The predicted molar refractivity (Wildman–Crippen MR) is 61.6 cm³/mol. The van der Waals surface area contributed by atoms with Crippen LogP contribution in [0, 0.1) is 10.1 Å². The molecule has 6 nitrogen and oxygen atoms in total. The molecule has 0 spiro atoms. The highest BCUT2D eigenvalue weighted by molar-refractivity contribution is 5.58. The third-order valence-corrected chi connectivity index (χ3v) is 2.34. The molecule has 0 radical (unpaired) electrons. The normalized spacial score (nSPS) is 10.1. The van der Waals surface area contributed by atoms with Crippen molar-refractivity contribution in [1.29, 1.82) is 0 Å². The largest absolute Gasteiger partial charge is 0.493 e. The Balaban J connectivity index is 3.20. The van der Waals surface area contributed by atoms with Gasteiger partial charge in [0.2, 0.25) is 5.75 Å². The molecule has 0 bridgehead atoms. The van der Waals surface area contributed by atoms with Crippen LogP contribution in [-0.4, -0.2) is 30.9 Å². The zero-order chi connectivity index (χ0) is 12.8. The first-order valence-corrected chi connectivity index (χ1v) is 5.14. The van der Waals surface area contributed by atoms with Gasteiger partial charge in [-0.1, -0.05) is 0 Å². The van der Waals surface area contributed by atoms with E-state index in [0.29, 0.717) is 18.6 Å². The van der Waals surface area contributed by atoms with E-state index < -0.39 is 4.92 Å². The molecular weight excluding hydrogens is 226 g/mol. The van der Waals surface area contributed by atoms with Gasteiger partial charge in [0.25, 0.3) is 0 Å². The zero-order valence-electron chi connectivity index (χ0n) is 9.80. The molecule has 0 aliphatic rings. The summed E-state index contributed by atoms with van der Waals surface area (Å²) >= 11 is 0. The molecule has 0 heterocycles. The summed E-state index contributed by atoms with van der Waals surface area (Å²) in [4.78, 5) is 10.4. The van der Waals surface area contributed by atoms with Crippen molar-refractivity contribution in [1.82, 2.24) is 0 Å². The van der Waals surface area contributed by atoms with Gasteiger partial charge >= 0.3 is 5.69 Å². The summed E-state index contributed by atoms with van der Waals surface area (Å²) in [5.41, 5.74) is 0.614. The molecule has 1 rings (SSSR count). The van der Waals surface area contributed by atoms with Crippen LogP contribution in [0.5, 0.6) is 11.5 Å². The van der Waals surface area contributed by atoms with Crippen molar-refractivity contribution in [2.24, 2.45) is 0 Å². The number of nitro benzene ring substituents is 1. The molecule has 0 aliphatic heterocycles. The Bertz CT molecular complexity index is 405. The molecular formula is C11H15NO5. The average Bonchev–Trinajstić information content (AvgIpc) is 2.34. The van der Waals surface area contributed by atoms with Gasteiger partial charge in [0.15, 0.2) is 5.75 Å². The van der Waals surface area contributed by atoms with Gasteiger partial charge in [-0.3, -0.25) is 10.1 Å². The minimum absolute atomic E-state index is 0.0438. The SMILES string of the molecule is COc1cc(CCCO)cc([N+](=O)[O-])c1OC. The Morgan fingerprint density at radius 1 is 1.35 bits per heavy atom. The standard InChI is InChI=1S/C11H15NO5/c1-16-10-7-8(4-3-5-13)6-9(12(14)15)11(10)17-2/h6-7,13H,3-5H2,1-2H3. The Hall–Kier alpha value is -1.82. The monoisotopic (exact) mass is 241 g/mol. The van der Waals surface area contributed by atoms with Gasteiger partial charge in [-0.25, -0.2) is 0 Å². The van der Waals surface area contributed by atoms with Crippen LogP contribution in [0.15, 0.2) is 12.1 Å². The molecule has 0 amide bonds. The van der Waals surface area contributed by atoms with Gasteiger partial charge in [-0.2, -0.15) is 0 Å². The Morgan fingerprint density at radius 2 is 2.06 bits per heavy atom. The van der Waals surface area contributed by atoms with Crippen LogP contribution in [0.3, 0.4) is 0 Å². The molecule has 1 aromatic rings. The van der Waals surface area contributed by atoms with E-state index in [1.807, 2.05) is 0 Å². The van der Waals surface area contributed by atoms with E-state index >= 15 is 0 Å². The fourth-order valence-corrected chi connectivity index (χ4v) is 1.56. The fourth-order valence-electron chi connectivity index (χ4n) is 1.56. The van der Waals surface area contributed by atoms with Crippen molar-refractivity contribution in [3.63, 3.8) is 0 Å². The van der Waals surface area contributed by atoms with E-state index in [4.69, 9.17) is 14.6 Å². The van der Waals surface area contributed by atoms with Crippen molar-refractivity contribution in [3.05, 3.63) is 27.8 Å². The molecule has 1 N–H and O–H groups in total. The lowest BCUT2D eigenvalue weighted by Gasteiger charge is -2.10. The summed E-state index contributed by atoms with van der Waals surface area (Å²) in [6.45, 7) is 0.0438. The van der Waals surface area contributed by atoms with Gasteiger partial charge in [0.05, 0.1) is 19.1 Å². The van der Waals surface area contributed by atoms with Crippen LogP contribution in [0.1, 0.15) is 12.0 Å². The highest BCUT2D eigenvalue weighted by Crippen LogP contribution is 2.38. The second-order valence-electron chi connectivity index (χ2n) is 3.43. The van der Waals surface area contributed by atoms with E-state index in [2.05, 4.69) is 0 Å². The van der Waals surface area contributed by atoms with Crippen LogP contribution in [-0.2, 0) is 6.42 Å². The Labute approximate surface area is 98.9 Å². The number of benzene rings is 1. The molecule has 17 heavy (non-hydrogen) atoms. The lowest BCUT2D eigenvalue weighted by Crippen LogP contribution is -1.99. The van der Waals surface area contributed by atoms with Gasteiger partial charge in [-0.05, 0) is 24.5 Å². The van der Waals surface area contributed by atoms with Crippen LogP contribution in [0.2, 0.25) is 0 Å². The summed E-state index contributed by atoms with van der Waals surface area (Å²) in [5.74, 6) is 0.444. The minimum atomic E-state index is -0.510. The second-order valence-corrected chi connectivity index (χ2v) is 3.43. The maximum atomic E-state index is 10.9. The number of aryl methyl sites for hydroxylation is 1. The average molecular weight is 241 g/mol. The highest BCUT2D eigenvalue weighted by atomic mass is 16.6. The fraction of sp³-hybridized carbons (Fsp3) is 0.455. The number of methoxy groups -OCH3 is 2. The maximum Gasteiger partial charge on any atom is 0.315 e. The van der Waals surface area contributed by atoms with E-state index in [0.717, 1.165) is 5.56 Å². The first-order chi connectivity index (χ1) is 8.13. The number of nitrogens with zero attached hydrogens (tertiary/aromatic N) is 1. The molecule has 94 valence electrons. The molecule has 0 fully saturated rings. The molecule has 0 atom stereocenters. The number of ether oxygens (including phenoxy) is 2. The van der Waals surface area contributed by atoms with Crippen molar-refractivity contribution < 1.29 is 19.5 Å². The Morgan fingerprint density at radius 3 is 2.53 bits per heavy atom. The molecule has 0 aliphatic carbocycles. The van der Waals surface area contributed by atoms with Gasteiger partial charge in [0.1, 0.15) is 0 Å². The van der Waals surface area contributed by atoms with Crippen LogP contribution in [0.4, 0.5) is 5.69 Å². The smallest absolute Gasteiger partial charge is 0.315 e. The van der Waals surface area contributed by atoms with E-state index in [1.165, 1.54) is 20.3 Å². The zero-order valence-corrected chi connectivity index (χ0v) is 9.80. The van der Waals surface area contributed by atoms with Crippen molar-refractivity contribution in [2.75, 3.05) is 20.8 Å². The first-order valence-electron chi connectivity index (χ1n) is 5.14. The molecule has 0 aromatic heterocycles. The number of nitro groups is 1. The summed E-state index contributed by atoms with van der Waals surface area (Å²) in [5, 5.41) is 19.6. The van der Waals surface area contributed by atoms with Crippen molar-refractivity contribution >= 4 is 5.69 Å². The lowest BCUT2D eigenvalue weighted by molar-refractivity contribution is -0.385. The number of aliphatic hydroxyl groups excluding tert-OH is 1.